The molecule has 3 rings (SSSR count). The summed E-state index contributed by atoms with van der Waals surface area (Å²) in [5.74, 6) is -0.360. The lowest BCUT2D eigenvalue weighted by Gasteiger charge is -2.24. The van der Waals surface area contributed by atoms with E-state index in [1.54, 1.807) is 56.8 Å². The maximum absolute atomic E-state index is 13.6. The highest BCUT2D eigenvalue weighted by Crippen LogP contribution is 2.25. The lowest BCUT2D eigenvalue weighted by molar-refractivity contribution is -0.118. The van der Waals surface area contributed by atoms with Crippen LogP contribution in [0.5, 0.6) is 5.75 Å². The number of benzene rings is 2. The molecule has 0 spiro atoms. The van der Waals surface area contributed by atoms with Gasteiger partial charge in [0.05, 0.1) is 23.6 Å². The van der Waals surface area contributed by atoms with Crippen LogP contribution < -0.4 is 26.2 Å². The second kappa shape index (κ2) is 14.5. The number of ether oxygens (including phenoxy) is 2. The number of aromatic nitrogens is 2. The topological polar surface area (TPSA) is 133 Å². The Morgan fingerprint density at radius 1 is 0.977 bits per heavy atom. The highest BCUT2D eigenvalue weighted by atomic mass is 35.5. The number of hydrogen-bond acceptors (Lipinski definition) is 6. The van der Waals surface area contributed by atoms with Gasteiger partial charge in [-0.2, -0.15) is 0 Å². The van der Waals surface area contributed by atoms with Crippen molar-refractivity contribution in [3.05, 3.63) is 75.2 Å². The van der Waals surface area contributed by atoms with Crippen LogP contribution in [0.4, 0.5) is 10.5 Å². The average molecular weight is 628 g/mol. The number of para-hydroxylation sites is 1. The smallest absolute Gasteiger partial charge is 0.407 e. The molecule has 44 heavy (non-hydrogen) atoms. The first kappa shape index (κ1) is 34.2. The predicted octanol–water partition coefficient (Wildman–Crippen LogP) is 5.08. The molecule has 3 amide bonds. The molecular formula is C32H42ClN5O6. The number of carbonyl (C=O) groups excluding carboxylic acids is 3. The Morgan fingerprint density at radius 3 is 2.30 bits per heavy atom. The second-order valence-corrected chi connectivity index (χ2v) is 12.6. The largest absolute Gasteiger partial charge is 0.493 e. The van der Waals surface area contributed by atoms with Crippen LogP contribution in [-0.4, -0.2) is 52.6 Å². The van der Waals surface area contributed by atoms with E-state index < -0.39 is 28.6 Å². The second-order valence-electron chi connectivity index (χ2n) is 12.1. The predicted molar refractivity (Wildman–Crippen MR) is 171 cm³/mol. The van der Waals surface area contributed by atoms with Crippen molar-refractivity contribution >= 4 is 35.2 Å². The minimum absolute atomic E-state index is 0.0103. The Morgan fingerprint density at radius 2 is 1.66 bits per heavy atom. The van der Waals surface area contributed by atoms with E-state index in [1.807, 2.05) is 39.0 Å². The molecule has 0 aliphatic carbocycles. The molecule has 0 bridgehead atoms. The molecule has 0 unspecified atom stereocenters. The zero-order valence-electron chi connectivity index (χ0n) is 26.4. The van der Waals surface area contributed by atoms with Gasteiger partial charge in [-0.15, -0.1) is 0 Å². The van der Waals surface area contributed by atoms with Gasteiger partial charge in [-0.3, -0.25) is 19.1 Å². The van der Waals surface area contributed by atoms with Gasteiger partial charge in [0, 0.05) is 38.0 Å². The number of alkyl carbamates (subject to hydrolysis) is 1. The summed E-state index contributed by atoms with van der Waals surface area (Å²) in [4.78, 5) is 52.1. The van der Waals surface area contributed by atoms with Crippen molar-refractivity contribution in [2.45, 2.75) is 60.0 Å². The van der Waals surface area contributed by atoms with Gasteiger partial charge in [-0.25, -0.2) is 9.48 Å². The molecule has 238 valence electrons. The third-order valence-electron chi connectivity index (χ3n) is 6.53. The van der Waals surface area contributed by atoms with Crippen molar-refractivity contribution in [3.63, 3.8) is 0 Å². The van der Waals surface area contributed by atoms with E-state index in [0.29, 0.717) is 34.3 Å². The van der Waals surface area contributed by atoms with E-state index in [1.165, 1.54) is 10.7 Å². The monoisotopic (exact) mass is 627 g/mol. The molecule has 11 nitrogen and oxygen atoms in total. The Kier molecular flexibility index (Phi) is 11.3. The van der Waals surface area contributed by atoms with Crippen molar-refractivity contribution < 1.29 is 23.9 Å². The number of hydrogen-bond donors (Lipinski definition) is 3. The highest BCUT2D eigenvalue weighted by molar-refractivity contribution is 6.31. The zero-order valence-corrected chi connectivity index (χ0v) is 27.1. The number of anilines is 1. The van der Waals surface area contributed by atoms with Crippen LogP contribution in [0.2, 0.25) is 5.02 Å². The summed E-state index contributed by atoms with van der Waals surface area (Å²) < 4.78 is 14.0. The van der Waals surface area contributed by atoms with Crippen LogP contribution in [0.3, 0.4) is 0 Å². The minimum Gasteiger partial charge on any atom is -0.493 e. The molecule has 0 saturated carbocycles. The van der Waals surface area contributed by atoms with Gasteiger partial charge in [0.1, 0.15) is 17.0 Å². The molecule has 1 aromatic heterocycles. The third-order valence-corrected chi connectivity index (χ3v) is 6.77. The number of nitrogens with zero attached hydrogens (tertiary/aromatic N) is 2. The molecule has 1 heterocycles. The summed E-state index contributed by atoms with van der Waals surface area (Å²) in [6.45, 7) is 11.5. The number of halogens is 1. The lowest BCUT2D eigenvalue weighted by atomic mass is 9.88. The number of carbonyl (C=O) groups is 3. The summed E-state index contributed by atoms with van der Waals surface area (Å²) in [6, 6.07) is 13.9. The van der Waals surface area contributed by atoms with Crippen molar-refractivity contribution in [1.82, 2.24) is 20.0 Å². The summed E-state index contributed by atoms with van der Waals surface area (Å²) in [7, 11) is 1.72. The molecule has 0 radical (unpaired) electrons. The Hall–Kier alpha value is -4.25. The molecule has 2 aromatic carbocycles. The molecule has 0 atom stereocenters. The number of rotatable bonds is 12. The van der Waals surface area contributed by atoms with Crippen molar-refractivity contribution in [2.75, 3.05) is 25.0 Å². The van der Waals surface area contributed by atoms with Gasteiger partial charge in [-0.1, -0.05) is 43.6 Å². The summed E-state index contributed by atoms with van der Waals surface area (Å²) in [5, 5.41) is 8.78. The fourth-order valence-electron chi connectivity index (χ4n) is 4.57. The van der Waals surface area contributed by atoms with Crippen molar-refractivity contribution in [1.29, 1.82) is 0 Å². The van der Waals surface area contributed by atoms with Crippen LogP contribution in [0.25, 0.3) is 5.69 Å². The maximum Gasteiger partial charge on any atom is 0.407 e. The first-order valence-electron chi connectivity index (χ1n) is 14.5. The Bertz CT molecular complexity index is 1540. The third kappa shape index (κ3) is 9.37. The van der Waals surface area contributed by atoms with Crippen LogP contribution in [0, 0.1) is 5.41 Å². The SMILES string of the molecule is CCOc1ccc(Cl)cc1C(=O)NCC(C)(C)CC(=O)Nc1c(CCNC(=O)OC(C)(C)C)n(C)n(-c2ccccc2)c1=O. The first-order valence-corrected chi connectivity index (χ1v) is 14.8. The van der Waals surface area contributed by atoms with Gasteiger partial charge >= 0.3 is 6.09 Å². The van der Waals surface area contributed by atoms with Crippen LogP contribution in [0.1, 0.15) is 64.0 Å². The quantitative estimate of drug-likeness (QED) is 0.257. The summed E-state index contributed by atoms with van der Waals surface area (Å²) >= 11 is 6.10. The van der Waals surface area contributed by atoms with Crippen LogP contribution >= 0.6 is 11.6 Å². The Labute approximate surface area is 262 Å². The molecule has 0 saturated heterocycles. The van der Waals surface area contributed by atoms with E-state index in [-0.39, 0.29) is 37.5 Å². The highest BCUT2D eigenvalue weighted by Gasteiger charge is 2.27. The fraction of sp³-hybridized carbons (Fsp3) is 0.438. The van der Waals surface area contributed by atoms with Crippen LogP contribution in [0.15, 0.2) is 53.3 Å². The normalized spacial score (nSPS) is 11.5. The van der Waals surface area contributed by atoms with E-state index in [9.17, 15) is 19.2 Å². The molecule has 3 aromatic rings. The van der Waals surface area contributed by atoms with Gasteiger partial charge in [0.15, 0.2) is 0 Å². The van der Waals surface area contributed by atoms with E-state index in [2.05, 4.69) is 16.0 Å². The molecule has 3 N–H and O–H groups in total. The minimum atomic E-state index is -0.671. The summed E-state index contributed by atoms with van der Waals surface area (Å²) in [5.41, 5.74) is -0.164. The van der Waals surface area contributed by atoms with Gasteiger partial charge in [0.2, 0.25) is 5.91 Å². The van der Waals surface area contributed by atoms with E-state index in [4.69, 9.17) is 21.1 Å². The maximum atomic E-state index is 13.6. The zero-order chi connectivity index (χ0) is 32.7. The fourth-order valence-corrected chi connectivity index (χ4v) is 4.75. The molecule has 0 aliphatic heterocycles. The molecule has 0 fully saturated rings. The Balaban J connectivity index is 1.76. The summed E-state index contributed by atoms with van der Waals surface area (Å²) in [6.07, 6.45) is -0.316. The first-order chi connectivity index (χ1) is 20.6. The average Bonchev–Trinajstić information content (AvgIpc) is 3.15. The number of nitrogens with one attached hydrogen (secondary N) is 3. The van der Waals surface area contributed by atoms with Crippen molar-refractivity contribution in [2.24, 2.45) is 12.5 Å². The van der Waals surface area contributed by atoms with Crippen molar-refractivity contribution in [3.8, 4) is 11.4 Å². The van der Waals surface area contributed by atoms with E-state index >= 15 is 0 Å². The number of amides is 3. The standard InChI is InChI=1S/C32H42ClN5O6/c1-8-43-25-15-14-21(33)18-23(25)28(40)35-20-32(5,6)19-26(39)36-27-24(16-17-34-30(42)44-31(2,3)4)37(7)38(29(27)41)22-12-10-9-11-13-22/h9-15,18H,8,16-17,19-20H2,1-7H3,(H,34,42)(H,35,40)(H,36,39). The molecule has 12 heteroatoms. The lowest BCUT2D eigenvalue weighted by Crippen LogP contribution is -2.37. The van der Waals surface area contributed by atoms with Crippen LogP contribution in [-0.2, 0) is 23.0 Å². The molecule has 0 aliphatic rings. The molecular weight excluding hydrogens is 586 g/mol. The van der Waals surface area contributed by atoms with E-state index in [0.717, 1.165) is 0 Å². The van der Waals surface area contributed by atoms with Gasteiger partial charge in [-0.05, 0) is 63.4 Å². The van der Waals surface area contributed by atoms with Gasteiger partial charge in [0.25, 0.3) is 11.5 Å². The van der Waals surface area contributed by atoms with Gasteiger partial charge < -0.3 is 25.4 Å².